The third-order valence-electron chi connectivity index (χ3n) is 4.22. The highest BCUT2D eigenvalue weighted by Crippen LogP contribution is 2.15. The lowest BCUT2D eigenvalue weighted by molar-refractivity contribution is 0.0761. The average molecular weight is 341 g/mol. The fourth-order valence-corrected chi connectivity index (χ4v) is 2.91. The van der Waals surface area contributed by atoms with Gasteiger partial charge in [0, 0.05) is 31.2 Å². The Hall–Kier alpha value is -2.76. The summed E-state index contributed by atoms with van der Waals surface area (Å²) in [6.45, 7) is 1.47. The van der Waals surface area contributed by atoms with Crippen molar-refractivity contribution in [3.8, 4) is 0 Å². The molecular weight excluding hydrogens is 321 g/mol. The summed E-state index contributed by atoms with van der Waals surface area (Å²) in [7, 11) is 0. The highest BCUT2D eigenvalue weighted by molar-refractivity contribution is 6.05. The zero-order valence-corrected chi connectivity index (χ0v) is 13.9. The van der Waals surface area contributed by atoms with Crippen LogP contribution in [-0.4, -0.2) is 34.8 Å². The largest absolute Gasteiger partial charge is 0.339 e. The van der Waals surface area contributed by atoms with Crippen molar-refractivity contribution in [2.75, 3.05) is 18.4 Å². The Morgan fingerprint density at radius 1 is 1.00 bits per heavy atom. The van der Waals surface area contributed by atoms with E-state index < -0.39 is 11.7 Å². The smallest absolute Gasteiger partial charge is 0.257 e. The van der Waals surface area contributed by atoms with Gasteiger partial charge >= 0.3 is 0 Å². The highest BCUT2D eigenvalue weighted by atomic mass is 19.1. The van der Waals surface area contributed by atoms with Gasteiger partial charge in [0.2, 0.25) is 0 Å². The molecule has 1 N–H and O–H groups in total. The van der Waals surface area contributed by atoms with Gasteiger partial charge in [-0.1, -0.05) is 18.9 Å². The zero-order chi connectivity index (χ0) is 17.6. The molecule has 130 valence electrons. The fourth-order valence-electron chi connectivity index (χ4n) is 2.91. The second-order valence-corrected chi connectivity index (χ2v) is 6.13. The SMILES string of the molecule is O=C(Nc1cccc(F)c1)c1cncc(C(=O)N2CCCCCC2)c1. The summed E-state index contributed by atoms with van der Waals surface area (Å²) in [5.41, 5.74) is 1.02. The number of hydrogen-bond acceptors (Lipinski definition) is 3. The van der Waals surface area contributed by atoms with Crippen molar-refractivity contribution in [2.45, 2.75) is 25.7 Å². The molecular formula is C19H20FN3O2. The Morgan fingerprint density at radius 3 is 2.44 bits per heavy atom. The number of hydrogen-bond donors (Lipinski definition) is 1. The van der Waals surface area contributed by atoms with E-state index in [-0.39, 0.29) is 11.5 Å². The number of nitrogens with one attached hydrogen (secondary N) is 1. The van der Waals surface area contributed by atoms with Crippen LogP contribution in [0, 0.1) is 5.82 Å². The minimum Gasteiger partial charge on any atom is -0.339 e. The van der Waals surface area contributed by atoms with Gasteiger partial charge in [0.15, 0.2) is 0 Å². The summed E-state index contributed by atoms with van der Waals surface area (Å²) in [6, 6.07) is 7.19. The number of amides is 2. The number of halogens is 1. The third-order valence-corrected chi connectivity index (χ3v) is 4.22. The number of benzene rings is 1. The maximum absolute atomic E-state index is 13.2. The number of carbonyl (C=O) groups excluding carboxylic acids is 2. The van der Waals surface area contributed by atoms with Crippen LogP contribution < -0.4 is 5.32 Å². The van der Waals surface area contributed by atoms with Gasteiger partial charge < -0.3 is 10.2 Å². The van der Waals surface area contributed by atoms with Crippen LogP contribution in [0.1, 0.15) is 46.4 Å². The molecule has 2 heterocycles. The van der Waals surface area contributed by atoms with Gasteiger partial charge in [-0.05, 0) is 37.1 Å². The van der Waals surface area contributed by atoms with Gasteiger partial charge in [-0.25, -0.2) is 4.39 Å². The molecule has 1 fully saturated rings. The lowest BCUT2D eigenvalue weighted by Gasteiger charge is -2.20. The van der Waals surface area contributed by atoms with Gasteiger partial charge in [-0.15, -0.1) is 0 Å². The second kappa shape index (κ2) is 7.88. The molecule has 0 unspecified atom stereocenters. The Balaban J connectivity index is 1.74. The van der Waals surface area contributed by atoms with Crippen molar-refractivity contribution >= 4 is 17.5 Å². The topological polar surface area (TPSA) is 62.3 Å². The molecule has 3 rings (SSSR count). The third kappa shape index (κ3) is 4.41. The van der Waals surface area contributed by atoms with Crippen LogP contribution >= 0.6 is 0 Å². The van der Waals surface area contributed by atoms with E-state index in [0.717, 1.165) is 38.8 Å². The standard InChI is InChI=1S/C19H20FN3O2/c20-16-6-5-7-17(11-16)22-18(24)14-10-15(13-21-12-14)19(25)23-8-3-1-2-4-9-23/h5-7,10-13H,1-4,8-9H2,(H,22,24). The quantitative estimate of drug-likeness (QED) is 0.929. The number of carbonyl (C=O) groups is 2. The number of pyridine rings is 1. The van der Waals surface area contributed by atoms with Crippen molar-refractivity contribution in [1.29, 1.82) is 0 Å². The van der Waals surface area contributed by atoms with E-state index in [1.807, 2.05) is 4.90 Å². The van der Waals surface area contributed by atoms with E-state index in [1.165, 1.54) is 36.7 Å². The van der Waals surface area contributed by atoms with Crippen LogP contribution in [0.5, 0.6) is 0 Å². The van der Waals surface area contributed by atoms with Crippen LogP contribution in [-0.2, 0) is 0 Å². The van der Waals surface area contributed by atoms with E-state index in [4.69, 9.17) is 0 Å². The molecule has 2 aromatic rings. The molecule has 0 saturated carbocycles. The Bertz CT molecular complexity index is 771. The summed E-state index contributed by atoms with van der Waals surface area (Å²) in [4.78, 5) is 30.8. The predicted octanol–water partition coefficient (Wildman–Crippen LogP) is 3.49. The Morgan fingerprint density at radius 2 is 1.72 bits per heavy atom. The monoisotopic (exact) mass is 341 g/mol. The number of anilines is 1. The van der Waals surface area contributed by atoms with Crippen LogP contribution in [0.15, 0.2) is 42.7 Å². The van der Waals surface area contributed by atoms with Gasteiger partial charge in [-0.2, -0.15) is 0 Å². The molecule has 0 bridgehead atoms. The zero-order valence-electron chi connectivity index (χ0n) is 13.9. The number of rotatable bonds is 3. The first-order chi connectivity index (χ1) is 12.1. The molecule has 2 amide bonds. The van der Waals surface area contributed by atoms with Crippen molar-refractivity contribution in [2.24, 2.45) is 0 Å². The van der Waals surface area contributed by atoms with E-state index in [1.54, 1.807) is 6.07 Å². The molecule has 5 nitrogen and oxygen atoms in total. The molecule has 6 heteroatoms. The number of likely N-dealkylation sites (tertiary alicyclic amines) is 1. The summed E-state index contributed by atoms with van der Waals surface area (Å²) in [6.07, 6.45) is 7.15. The Labute approximate surface area is 145 Å². The molecule has 1 aromatic heterocycles. The van der Waals surface area contributed by atoms with Crippen LogP contribution in [0.2, 0.25) is 0 Å². The maximum atomic E-state index is 13.2. The minimum atomic E-state index is -0.430. The molecule has 0 atom stereocenters. The van der Waals surface area contributed by atoms with Crippen molar-refractivity contribution in [3.63, 3.8) is 0 Å². The molecule has 25 heavy (non-hydrogen) atoms. The van der Waals surface area contributed by atoms with Crippen LogP contribution in [0.25, 0.3) is 0 Å². The molecule has 1 aromatic carbocycles. The maximum Gasteiger partial charge on any atom is 0.257 e. The first-order valence-electron chi connectivity index (χ1n) is 8.45. The van der Waals surface area contributed by atoms with Gasteiger partial charge in [0.1, 0.15) is 5.82 Å². The fraction of sp³-hybridized carbons (Fsp3) is 0.316. The average Bonchev–Trinajstić information content (AvgIpc) is 2.90. The normalized spacial score (nSPS) is 14.7. The second-order valence-electron chi connectivity index (χ2n) is 6.13. The summed E-state index contributed by atoms with van der Waals surface area (Å²) in [5.74, 6) is -0.959. The molecule has 1 saturated heterocycles. The first kappa shape index (κ1) is 17.1. The highest BCUT2D eigenvalue weighted by Gasteiger charge is 2.19. The van der Waals surface area contributed by atoms with E-state index in [9.17, 15) is 14.0 Å². The summed E-state index contributed by atoms with van der Waals surface area (Å²) < 4.78 is 13.2. The molecule has 0 radical (unpaired) electrons. The first-order valence-corrected chi connectivity index (χ1v) is 8.45. The van der Waals surface area contributed by atoms with Crippen molar-refractivity contribution < 1.29 is 14.0 Å². The van der Waals surface area contributed by atoms with Gasteiger partial charge in [0.05, 0.1) is 11.1 Å². The molecule has 0 spiro atoms. The lowest BCUT2D eigenvalue weighted by Crippen LogP contribution is -2.32. The summed E-state index contributed by atoms with van der Waals surface area (Å²) >= 11 is 0. The van der Waals surface area contributed by atoms with E-state index in [2.05, 4.69) is 10.3 Å². The molecule has 1 aliphatic rings. The minimum absolute atomic E-state index is 0.102. The Kier molecular flexibility index (Phi) is 5.38. The molecule has 1 aliphatic heterocycles. The lowest BCUT2D eigenvalue weighted by atomic mass is 10.1. The summed E-state index contributed by atoms with van der Waals surface area (Å²) in [5, 5.41) is 2.61. The van der Waals surface area contributed by atoms with E-state index in [0.29, 0.717) is 11.3 Å². The van der Waals surface area contributed by atoms with E-state index >= 15 is 0 Å². The van der Waals surface area contributed by atoms with Crippen LogP contribution in [0.3, 0.4) is 0 Å². The van der Waals surface area contributed by atoms with Gasteiger partial charge in [-0.3, -0.25) is 14.6 Å². The van der Waals surface area contributed by atoms with Crippen LogP contribution in [0.4, 0.5) is 10.1 Å². The predicted molar refractivity (Wildman–Crippen MR) is 93.0 cm³/mol. The number of aromatic nitrogens is 1. The number of nitrogens with zero attached hydrogens (tertiary/aromatic N) is 2. The van der Waals surface area contributed by atoms with Crippen molar-refractivity contribution in [1.82, 2.24) is 9.88 Å². The van der Waals surface area contributed by atoms with Gasteiger partial charge in [0.25, 0.3) is 11.8 Å². The van der Waals surface area contributed by atoms with Crippen molar-refractivity contribution in [3.05, 3.63) is 59.7 Å². The molecule has 0 aliphatic carbocycles.